The van der Waals surface area contributed by atoms with Crippen molar-refractivity contribution in [3.8, 4) is 5.75 Å². The molecule has 0 radical (unpaired) electrons. The van der Waals surface area contributed by atoms with Crippen LogP contribution in [0.3, 0.4) is 0 Å². The summed E-state index contributed by atoms with van der Waals surface area (Å²) in [4.78, 5) is 23.7. The van der Waals surface area contributed by atoms with Crippen molar-refractivity contribution >= 4 is 21.7 Å². The number of carbonyl (C=O) groups is 2. The van der Waals surface area contributed by atoms with Gasteiger partial charge in [-0.25, -0.2) is 8.42 Å². The minimum atomic E-state index is -3.78. The molecule has 25 heavy (non-hydrogen) atoms. The largest absolute Gasteiger partial charge is 0.484 e. The normalized spacial score (nSPS) is 19.4. The van der Waals surface area contributed by atoms with Gasteiger partial charge >= 0.3 is 0 Å². The zero-order valence-corrected chi connectivity index (χ0v) is 13.9. The van der Waals surface area contributed by atoms with E-state index in [2.05, 4.69) is 10.6 Å². The van der Waals surface area contributed by atoms with Crippen molar-refractivity contribution in [2.24, 2.45) is 0 Å². The molecular weight excluding hydrogens is 344 g/mol. The highest BCUT2D eigenvalue weighted by molar-refractivity contribution is 7.92. The lowest BCUT2D eigenvalue weighted by Crippen LogP contribution is -2.71. The number of hydrogen-bond donors (Lipinski definition) is 2. The summed E-state index contributed by atoms with van der Waals surface area (Å²) in [7, 11) is -3.78. The van der Waals surface area contributed by atoms with Gasteiger partial charge in [0.25, 0.3) is 5.91 Å². The SMILES string of the molecule is O=C(COc1ccccc1)N[C@@H]1C(=O)NC1S(=O)(=O)c1ccccc1. The second kappa shape index (κ2) is 6.94. The van der Waals surface area contributed by atoms with Crippen LogP contribution in [0.1, 0.15) is 0 Å². The summed E-state index contributed by atoms with van der Waals surface area (Å²) < 4.78 is 30.4. The molecule has 1 fully saturated rings. The van der Waals surface area contributed by atoms with Gasteiger partial charge in [-0.2, -0.15) is 0 Å². The molecule has 0 spiro atoms. The third-order valence-corrected chi connectivity index (χ3v) is 5.69. The number of benzene rings is 2. The van der Waals surface area contributed by atoms with E-state index in [1.807, 2.05) is 6.07 Å². The Bertz CT molecular complexity index is 868. The van der Waals surface area contributed by atoms with Gasteiger partial charge in [-0.05, 0) is 24.3 Å². The maximum atomic E-state index is 12.5. The van der Waals surface area contributed by atoms with E-state index < -0.39 is 33.1 Å². The third-order valence-electron chi connectivity index (χ3n) is 3.71. The summed E-state index contributed by atoms with van der Waals surface area (Å²) in [5.74, 6) is -0.612. The summed E-state index contributed by atoms with van der Waals surface area (Å²) in [5, 5.41) is 3.54. The summed E-state index contributed by atoms with van der Waals surface area (Å²) >= 11 is 0. The average Bonchev–Trinajstić information content (AvgIpc) is 2.64. The van der Waals surface area contributed by atoms with Crippen LogP contribution in [0.15, 0.2) is 65.6 Å². The third kappa shape index (κ3) is 3.63. The van der Waals surface area contributed by atoms with Crippen LogP contribution >= 0.6 is 0 Å². The van der Waals surface area contributed by atoms with Gasteiger partial charge in [0.1, 0.15) is 11.8 Å². The van der Waals surface area contributed by atoms with Crippen LogP contribution in [0.5, 0.6) is 5.75 Å². The molecule has 2 N–H and O–H groups in total. The van der Waals surface area contributed by atoms with Crippen molar-refractivity contribution < 1.29 is 22.7 Å². The molecule has 0 saturated carbocycles. The second-order valence-electron chi connectivity index (χ2n) is 5.43. The molecule has 7 nitrogen and oxygen atoms in total. The average molecular weight is 360 g/mol. The van der Waals surface area contributed by atoms with Gasteiger partial charge in [-0.1, -0.05) is 36.4 Å². The van der Waals surface area contributed by atoms with Crippen molar-refractivity contribution in [1.29, 1.82) is 0 Å². The molecule has 1 heterocycles. The molecule has 2 aromatic rings. The molecule has 1 aliphatic rings. The Balaban J connectivity index is 1.63. The molecule has 0 aromatic heterocycles. The smallest absolute Gasteiger partial charge is 0.258 e. The van der Waals surface area contributed by atoms with E-state index >= 15 is 0 Å². The number of carbonyl (C=O) groups excluding carboxylic acids is 2. The highest BCUT2D eigenvalue weighted by Gasteiger charge is 2.49. The Hall–Kier alpha value is -2.87. The van der Waals surface area contributed by atoms with Crippen LogP contribution < -0.4 is 15.4 Å². The van der Waals surface area contributed by atoms with E-state index in [1.165, 1.54) is 12.1 Å². The number of rotatable bonds is 6. The fraction of sp³-hybridized carbons (Fsp3) is 0.176. The Morgan fingerprint density at radius 1 is 1.04 bits per heavy atom. The quantitative estimate of drug-likeness (QED) is 0.730. The lowest BCUT2D eigenvalue weighted by Gasteiger charge is -2.36. The summed E-state index contributed by atoms with van der Waals surface area (Å²) in [6.07, 6.45) is 0. The minimum absolute atomic E-state index is 0.0831. The molecular formula is C17H16N2O5S. The van der Waals surface area contributed by atoms with E-state index in [0.717, 1.165) is 0 Å². The zero-order valence-electron chi connectivity index (χ0n) is 13.1. The maximum Gasteiger partial charge on any atom is 0.258 e. The van der Waals surface area contributed by atoms with Crippen LogP contribution in [0.2, 0.25) is 0 Å². The summed E-state index contributed by atoms with van der Waals surface area (Å²) in [6, 6.07) is 15.3. The fourth-order valence-electron chi connectivity index (χ4n) is 2.39. The molecule has 130 valence electrons. The standard InChI is InChI=1S/C17H16N2O5S/c20-14(11-24-12-7-3-1-4-8-12)18-15-16(21)19-17(15)25(22,23)13-9-5-2-6-10-13/h1-10,15,17H,11H2,(H,18,20)(H,19,21)/t15-,17?/m1/s1. The highest BCUT2D eigenvalue weighted by Crippen LogP contribution is 2.21. The summed E-state index contributed by atoms with van der Waals surface area (Å²) in [6.45, 7) is -0.314. The first kappa shape index (κ1) is 17.0. The number of nitrogens with one attached hydrogen (secondary N) is 2. The predicted molar refractivity (Wildman–Crippen MR) is 89.4 cm³/mol. The van der Waals surface area contributed by atoms with Crippen LogP contribution in [-0.2, 0) is 19.4 Å². The lowest BCUT2D eigenvalue weighted by atomic mass is 10.1. The maximum absolute atomic E-state index is 12.5. The molecule has 3 rings (SSSR count). The monoisotopic (exact) mass is 360 g/mol. The Kier molecular flexibility index (Phi) is 4.71. The zero-order chi connectivity index (χ0) is 17.9. The minimum Gasteiger partial charge on any atom is -0.484 e. The lowest BCUT2D eigenvalue weighted by molar-refractivity contribution is -0.135. The Labute approximate surface area is 144 Å². The molecule has 0 bridgehead atoms. The van der Waals surface area contributed by atoms with E-state index in [4.69, 9.17) is 4.74 Å². The van der Waals surface area contributed by atoms with Crippen LogP contribution in [-0.4, -0.2) is 38.3 Å². The van der Waals surface area contributed by atoms with Gasteiger partial charge < -0.3 is 15.4 Å². The van der Waals surface area contributed by atoms with Crippen LogP contribution in [0, 0.1) is 0 Å². The van der Waals surface area contributed by atoms with Crippen molar-refractivity contribution in [2.75, 3.05) is 6.61 Å². The highest BCUT2D eigenvalue weighted by atomic mass is 32.2. The van der Waals surface area contributed by atoms with Gasteiger partial charge in [0.05, 0.1) is 4.90 Å². The van der Waals surface area contributed by atoms with Gasteiger partial charge in [0.2, 0.25) is 15.7 Å². The number of hydrogen-bond acceptors (Lipinski definition) is 5. The van der Waals surface area contributed by atoms with Gasteiger partial charge in [0, 0.05) is 0 Å². The predicted octanol–water partition coefficient (Wildman–Crippen LogP) is 0.480. The molecule has 2 amide bonds. The molecule has 8 heteroatoms. The molecule has 1 saturated heterocycles. The first-order valence-electron chi connectivity index (χ1n) is 7.55. The first-order valence-corrected chi connectivity index (χ1v) is 9.09. The van der Waals surface area contributed by atoms with Gasteiger partial charge in [0.15, 0.2) is 12.0 Å². The number of amides is 2. The number of para-hydroxylation sites is 1. The molecule has 0 aliphatic carbocycles. The molecule has 2 aromatic carbocycles. The van der Waals surface area contributed by atoms with Crippen molar-refractivity contribution in [3.63, 3.8) is 0 Å². The topological polar surface area (TPSA) is 102 Å². The Morgan fingerprint density at radius 3 is 2.24 bits per heavy atom. The van der Waals surface area contributed by atoms with E-state index in [9.17, 15) is 18.0 Å². The van der Waals surface area contributed by atoms with Gasteiger partial charge in [-0.15, -0.1) is 0 Å². The molecule has 2 atom stereocenters. The first-order chi connectivity index (χ1) is 12.0. The summed E-state index contributed by atoms with van der Waals surface area (Å²) in [5.41, 5.74) is 0. The van der Waals surface area contributed by atoms with E-state index in [-0.39, 0.29) is 11.5 Å². The van der Waals surface area contributed by atoms with E-state index in [0.29, 0.717) is 5.75 Å². The van der Waals surface area contributed by atoms with Crippen LogP contribution in [0.25, 0.3) is 0 Å². The molecule has 1 unspecified atom stereocenters. The second-order valence-corrected chi connectivity index (χ2v) is 7.50. The van der Waals surface area contributed by atoms with Crippen LogP contribution in [0.4, 0.5) is 0 Å². The Morgan fingerprint density at radius 2 is 1.64 bits per heavy atom. The van der Waals surface area contributed by atoms with Gasteiger partial charge in [-0.3, -0.25) is 9.59 Å². The fourth-order valence-corrected chi connectivity index (χ4v) is 4.04. The van der Waals surface area contributed by atoms with Crippen molar-refractivity contribution in [1.82, 2.24) is 10.6 Å². The number of β-lactam (4-membered cyclic amide) rings is 1. The van der Waals surface area contributed by atoms with Crippen molar-refractivity contribution in [2.45, 2.75) is 16.3 Å². The number of ether oxygens (including phenoxy) is 1. The van der Waals surface area contributed by atoms with Crippen molar-refractivity contribution in [3.05, 3.63) is 60.7 Å². The number of sulfone groups is 1. The van der Waals surface area contributed by atoms with E-state index in [1.54, 1.807) is 42.5 Å². The molecule has 1 aliphatic heterocycles.